The largest absolute Gasteiger partial charge is 0.374 e. The molecule has 0 N–H and O–H groups in total. The lowest BCUT2D eigenvalue weighted by Gasteiger charge is -2.17. The summed E-state index contributed by atoms with van der Waals surface area (Å²) in [4.78, 5) is 13.2. The summed E-state index contributed by atoms with van der Waals surface area (Å²) in [5.74, 6) is 0. The van der Waals surface area contributed by atoms with Gasteiger partial charge in [-0.05, 0) is 48.2 Å². The molecule has 0 aromatic heterocycles. The second-order valence-electron chi connectivity index (χ2n) is 7.62. The molecular weight excluding hydrogens is 396 g/mol. The highest BCUT2D eigenvalue weighted by atomic mass is 15.1. The Kier molecular flexibility index (Phi) is 11.1. The van der Waals surface area contributed by atoms with Gasteiger partial charge in [-0.25, -0.2) is 0 Å². The lowest BCUT2D eigenvalue weighted by atomic mass is 10.2. The first-order chi connectivity index (χ1) is 15.6. The van der Waals surface area contributed by atoms with E-state index >= 15 is 0 Å². The van der Waals surface area contributed by atoms with E-state index in [4.69, 9.17) is 10.5 Å². The summed E-state index contributed by atoms with van der Waals surface area (Å²) >= 11 is 0. The first kappa shape index (κ1) is 24.6. The molecule has 0 aliphatic heterocycles. The van der Waals surface area contributed by atoms with Crippen molar-refractivity contribution >= 4 is 23.8 Å². The molecule has 0 atom stereocenters. The molecule has 2 aromatic carbocycles. The summed E-state index contributed by atoms with van der Waals surface area (Å²) in [5.41, 5.74) is 4.39. The fraction of sp³-hybridized carbons (Fsp3) is 0.385. The summed E-state index contributed by atoms with van der Waals surface area (Å²) in [6.07, 6.45) is 6.89. The highest BCUT2D eigenvalue weighted by molar-refractivity contribution is 5.80. The Hall–Kier alpha value is -3.64. The predicted molar refractivity (Wildman–Crippen MR) is 134 cm³/mol. The average Bonchev–Trinajstić information content (AvgIpc) is 2.83. The molecule has 2 rings (SSSR count). The molecule has 6 nitrogen and oxygen atoms in total. The van der Waals surface area contributed by atoms with Crippen LogP contribution in [0.5, 0.6) is 0 Å². The normalized spacial score (nSPS) is 10.9. The first-order valence-corrected chi connectivity index (χ1v) is 11.0. The zero-order valence-electron chi connectivity index (χ0n) is 19.1. The van der Waals surface area contributed by atoms with E-state index < -0.39 is 0 Å². The van der Waals surface area contributed by atoms with E-state index in [9.17, 15) is 0 Å². The van der Waals surface area contributed by atoms with E-state index in [1.807, 2.05) is 26.5 Å². The number of rotatable bonds is 13. The number of hydrogen-bond acceptors (Lipinski definition) is 6. The van der Waals surface area contributed by atoms with Crippen LogP contribution >= 0.6 is 0 Å². The summed E-state index contributed by atoms with van der Waals surface area (Å²) in [7, 11) is 3.99. The van der Waals surface area contributed by atoms with Gasteiger partial charge in [-0.2, -0.15) is 10.5 Å². The van der Waals surface area contributed by atoms with Crippen molar-refractivity contribution in [1.29, 1.82) is 10.5 Å². The maximum Gasteiger partial charge on any atom is 0.0640 e. The van der Waals surface area contributed by atoms with Crippen LogP contribution in [0.25, 0.3) is 0 Å². The molecule has 0 aliphatic carbocycles. The number of hydrogen-bond donors (Lipinski definition) is 0. The van der Waals surface area contributed by atoms with Crippen molar-refractivity contribution in [3.8, 4) is 12.1 Å². The molecule has 166 valence electrons. The van der Waals surface area contributed by atoms with Gasteiger partial charge in [-0.15, -0.1) is 0 Å². The average molecular weight is 429 g/mol. The topological polar surface area (TPSA) is 78.8 Å². The SMILES string of the molecule is CN(CCC#N)c1ccc(C=NCCCCN=Cc2ccc(N(C)CCC#N)cc2)cc1. The quantitative estimate of drug-likeness (QED) is 0.342. The van der Waals surface area contributed by atoms with E-state index in [1.54, 1.807) is 0 Å². The van der Waals surface area contributed by atoms with Crippen LogP contribution in [-0.2, 0) is 0 Å². The van der Waals surface area contributed by atoms with Gasteiger partial charge in [0.05, 0.1) is 25.0 Å². The Labute approximate surface area is 192 Å². The van der Waals surface area contributed by atoms with Crippen LogP contribution in [0.15, 0.2) is 58.5 Å². The molecule has 0 saturated heterocycles. The second-order valence-corrected chi connectivity index (χ2v) is 7.62. The molecule has 0 saturated carbocycles. The lowest BCUT2D eigenvalue weighted by Crippen LogP contribution is -2.17. The Morgan fingerprint density at radius 1 is 0.688 bits per heavy atom. The van der Waals surface area contributed by atoms with E-state index in [1.165, 1.54) is 0 Å². The van der Waals surface area contributed by atoms with Crippen molar-refractivity contribution in [3.63, 3.8) is 0 Å². The van der Waals surface area contributed by atoms with Crippen LogP contribution in [0.1, 0.15) is 36.8 Å². The molecule has 6 heteroatoms. The molecule has 0 aliphatic rings. The van der Waals surface area contributed by atoms with Gasteiger partial charge in [-0.1, -0.05) is 24.3 Å². The fourth-order valence-electron chi connectivity index (χ4n) is 3.07. The number of aliphatic imine (C=N–C) groups is 2. The third kappa shape index (κ3) is 9.02. The van der Waals surface area contributed by atoms with E-state index in [-0.39, 0.29) is 0 Å². The Morgan fingerprint density at radius 2 is 1.06 bits per heavy atom. The molecule has 32 heavy (non-hydrogen) atoms. The van der Waals surface area contributed by atoms with Gasteiger partial charge < -0.3 is 9.80 Å². The predicted octanol–water partition coefficient (Wildman–Crippen LogP) is 4.70. The summed E-state index contributed by atoms with van der Waals surface area (Å²) in [6, 6.07) is 20.8. The lowest BCUT2D eigenvalue weighted by molar-refractivity contribution is 0.760. The van der Waals surface area contributed by atoms with Crippen LogP contribution in [0, 0.1) is 22.7 Å². The van der Waals surface area contributed by atoms with Crippen LogP contribution < -0.4 is 9.80 Å². The van der Waals surface area contributed by atoms with Gasteiger partial charge in [0.2, 0.25) is 0 Å². The van der Waals surface area contributed by atoms with E-state index in [0.29, 0.717) is 12.8 Å². The second kappa shape index (κ2) is 14.4. The summed E-state index contributed by atoms with van der Waals surface area (Å²) < 4.78 is 0. The first-order valence-electron chi connectivity index (χ1n) is 11.0. The minimum atomic E-state index is 0.526. The number of anilines is 2. The number of nitriles is 2. The Morgan fingerprint density at radius 3 is 1.41 bits per heavy atom. The standard InChI is InChI=1S/C26H32N6/c1-31(19-5-15-27)25-11-7-23(8-12-25)21-29-17-3-4-18-30-22-24-9-13-26(14-10-24)32(2)20-6-16-28/h7-14,21-22H,3-6,17-20H2,1-2H3. The fourth-order valence-corrected chi connectivity index (χ4v) is 3.07. The van der Waals surface area contributed by atoms with Crippen molar-refractivity contribution in [3.05, 3.63) is 59.7 Å². The van der Waals surface area contributed by atoms with Crippen LogP contribution in [0.3, 0.4) is 0 Å². The minimum absolute atomic E-state index is 0.526. The monoisotopic (exact) mass is 428 g/mol. The van der Waals surface area contributed by atoms with Gasteiger partial charge in [-0.3, -0.25) is 9.98 Å². The van der Waals surface area contributed by atoms with Gasteiger partial charge in [0.25, 0.3) is 0 Å². The van der Waals surface area contributed by atoms with E-state index in [0.717, 1.165) is 61.5 Å². The highest BCUT2D eigenvalue weighted by Crippen LogP contribution is 2.14. The molecule has 0 radical (unpaired) electrons. The Balaban J connectivity index is 1.64. The van der Waals surface area contributed by atoms with Gasteiger partial charge in [0, 0.05) is 64.1 Å². The minimum Gasteiger partial charge on any atom is -0.374 e. The van der Waals surface area contributed by atoms with E-state index in [2.05, 4.69) is 80.5 Å². The number of nitrogens with zero attached hydrogens (tertiary/aromatic N) is 6. The smallest absolute Gasteiger partial charge is 0.0640 e. The Bertz CT molecular complexity index is 853. The van der Waals surface area contributed by atoms with Gasteiger partial charge >= 0.3 is 0 Å². The molecule has 0 amide bonds. The van der Waals surface area contributed by atoms with Crippen molar-refractivity contribution in [1.82, 2.24) is 0 Å². The molecule has 0 bridgehead atoms. The summed E-state index contributed by atoms with van der Waals surface area (Å²) in [6.45, 7) is 3.06. The van der Waals surface area contributed by atoms with Crippen LogP contribution in [-0.4, -0.2) is 52.7 Å². The molecule has 0 heterocycles. The third-order valence-corrected chi connectivity index (χ3v) is 5.09. The summed E-state index contributed by atoms with van der Waals surface area (Å²) in [5, 5.41) is 17.4. The highest BCUT2D eigenvalue weighted by Gasteiger charge is 2.00. The van der Waals surface area contributed by atoms with Gasteiger partial charge in [0.1, 0.15) is 0 Å². The van der Waals surface area contributed by atoms with Gasteiger partial charge in [0.15, 0.2) is 0 Å². The number of benzene rings is 2. The third-order valence-electron chi connectivity index (χ3n) is 5.09. The zero-order chi connectivity index (χ0) is 23.0. The zero-order valence-corrected chi connectivity index (χ0v) is 19.1. The maximum absolute atomic E-state index is 8.68. The molecule has 2 aromatic rings. The van der Waals surface area contributed by atoms with Crippen LogP contribution in [0.4, 0.5) is 11.4 Å². The van der Waals surface area contributed by atoms with Crippen molar-refractivity contribution in [2.75, 3.05) is 50.1 Å². The van der Waals surface area contributed by atoms with Crippen molar-refractivity contribution in [2.45, 2.75) is 25.7 Å². The molecule has 0 fully saturated rings. The van der Waals surface area contributed by atoms with Crippen LogP contribution in [0.2, 0.25) is 0 Å². The number of unbranched alkanes of at least 4 members (excludes halogenated alkanes) is 1. The molecule has 0 spiro atoms. The maximum atomic E-state index is 8.68. The van der Waals surface area contributed by atoms with Crippen molar-refractivity contribution < 1.29 is 0 Å². The molecule has 0 unspecified atom stereocenters. The van der Waals surface area contributed by atoms with Crippen molar-refractivity contribution in [2.24, 2.45) is 9.98 Å². The molecular formula is C26H32N6.